The molecule has 0 fully saturated rings. The minimum absolute atomic E-state index is 0.220. The lowest BCUT2D eigenvalue weighted by Gasteiger charge is -1.94. The third-order valence-corrected chi connectivity index (χ3v) is 3.28. The molecule has 6 heteroatoms. The van der Waals surface area contributed by atoms with Gasteiger partial charge in [-0.1, -0.05) is 30.3 Å². The normalized spacial score (nSPS) is 10.6. The molecule has 0 aliphatic rings. The van der Waals surface area contributed by atoms with Gasteiger partial charge < -0.3 is 8.83 Å². The first kappa shape index (κ1) is 12.7. The quantitative estimate of drug-likeness (QED) is 0.686. The Hall–Kier alpha value is -2.34. The largest absolute Gasteiger partial charge is 0.460 e. The van der Waals surface area contributed by atoms with Crippen molar-refractivity contribution >= 4 is 16.9 Å². The summed E-state index contributed by atoms with van der Waals surface area (Å²) in [5.41, 5.74) is 1.07. The van der Waals surface area contributed by atoms with Crippen LogP contribution in [0.15, 0.2) is 62.8 Å². The van der Waals surface area contributed by atoms with E-state index in [9.17, 15) is 4.79 Å². The summed E-state index contributed by atoms with van der Waals surface area (Å²) >= 11 is 0.860. The Balaban J connectivity index is 1.67. The molecule has 0 spiro atoms. The summed E-state index contributed by atoms with van der Waals surface area (Å²) in [7, 11) is 0. The first-order valence-corrected chi connectivity index (χ1v) is 6.75. The number of hydrogen-bond donors (Lipinski definition) is 0. The Labute approximate surface area is 119 Å². The molecule has 0 atom stereocenters. The number of carbonyl (C=O) groups is 1. The molecular weight excluding hydrogens is 276 g/mol. The number of hydrogen-bond acceptors (Lipinski definition) is 6. The zero-order chi connectivity index (χ0) is 13.8. The van der Waals surface area contributed by atoms with Crippen molar-refractivity contribution in [2.45, 2.75) is 11.6 Å². The molecule has 0 bridgehead atoms. The summed E-state index contributed by atoms with van der Waals surface area (Å²) in [6.45, 7) is 0. The molecule has 5 nitrogen and oxygen atoms in total. The molecular formula is C14H10N2O3S. The fourth-order valence-electron chi connectivity index (χ4n) is 1.65. The lowest BCUT2D eigenvalue weighted by atomic mass is 10.2. The molecule has 0 aliphatic heterocycles. The fourth-order valence-corrected chi connectivity index (χ4v) is 2.24. The average molecular weight is 286 g/mol. The average Bonchev–Trinajstić information content (AvgIpc) is 3.11. The maximum absolute atomic E-state index is 11.8. The van der Waals surface area contributed by atoms with E-state index in [0.29, 0.717) is 12.3 Å². The summed E-state index contributed by atoms with van der Waals surface area (Å²) in [4.78, 5) is 11.8. The van der Waals surface area contributed by atoms with Crippen LogP contribution in [0.4, 0.5) is 0 Å². The maximum Gasteiger partial charge on any atom is 0.284 e. The van der Waals surface area contributed by atoms with Crippen LogP contribution >= 0.6 is 11.8 Å². The maximum atomic E-state index is 11.8. The highest BCUT2D eigenvalue weighted by molar-refractivity contribution is 8.13. The number of furan rings is 1. The van der Waals surface area contributed by atoms with Gasteiger partial charge in [0.05, 0.1) is 12.7 Å². The van der Waals surface area contributed by atoms with Crippen molar-refractivity contribution in [1.29, 1.82) is 0 Å². The molecule has 0 amide bonds. The van der Waals surface area contributed by atoms with Crippen molar-refractivity contribution in [2.24, 2.45) is 0 Å². The molecule has 3 aromatic rings. The van der Waals surface area contributed by atoms with Crippen LogP contribution in [0.25, 0.3) is 0 Å². The molecule has 0 radical (unpaired) electrons. The molecule has 2 heterocycles. The van der Waals surface area contributed by atoms with E-state index >= 15 is 0 Å². The summed E-state index contributed by atoms with van der Waals surface area (Å²) < 4.78 is 10.4. The van der Waals surface area contributed by atoms with E-state index in [1.54, 1.807) is 12.1 Å². The van der Waals surface area contributed by atoms with E-state index in [0.717, 1.165) is 17.3 Å². The number of benzene rings is 1. The van der Waals surface area contributed by atoms with Gasteiger partial charge in [-0.25, -0.2) is 0 Å². The predicted molar refractivity (Wildman–Crippen MR) is 72.4 cm³/mol. The predicted octanol–water partition coefficient (Wildman–Crippen LogP) is 3.19. The third kappa shape index (κ3) is 2.97. The second kappa shape index (κ2) is 5.75. The van der Waals surface area contributed by atoms with Crippen LogP contribution in [0.3, 0.4) is 0 Å². The van der Waals surface area contributed by atoms with Crippen molar-refractivity contribution < 1.29 is 13.6 Å². The molecule has 0 aliphatic carbocycles. The van der Waals surface area contributed by atoms with E-state index in [2.05, 4.69) is 10.2 Å². The van der Waals surface area contributed by atoms with Crippen LogP contribution in [0, 0.1) is 0 Å². The molecule has 20 heavy (non-hydrogen) atoms. The van der Waals surface area contributed by atoms with Gasteiger partial charge in [0.25, 0.3) is 10.3 Å². The van der Waals surface area contributed by atoms with Crippen LogP contribution in [0.5, 0.6) is 0 Å². The first-order chi connectivity index (χ1) is 9.81. The minimum atomic E-state index is -0.259. The molecule has 2 aromatic heterocycles. The highest BCUT2D eigenvalue weighted by Gasteiger charge is 2.16. The van der Waals surface area contributed by atoms with Crippen molar-refractivity contribution in [2.75, 3.05) is 0 Å². The Morgan fingerprint density at radius 3 is 2.70 bits per heavy atom. The Kier molecular flexibility index (Phi) is 3.64. The molecule has 0 unspecified atom stereocenters. The second-order valence-corrected chi connectivity index (χ2v) is 4.92. The van der Waals surface area contributed by atoms with Gasteiger partial charge in [-0.05, 0) is 17.7 Å². The number of nitrogens with zero attached hydrogens (tertiary/aromatic N) is 2. The number of rotatable bonds is 4. The molecule has 1 aromatic carbocycles. The second-order valence-electron chi connectivity index (χ2n) is 3.99. The summed E-state index contributed by atoms with van der Waals surface area (Å²) in [5, 5.41) is 7.73. The van der Waals surface area contributed by atoms with Crippen molar-refractivity contribution in [3.05, 3.63) is 65.9 Å². The van der Waals surface area contributed by atoms with E-state index in [1.807, 2.05) is 30.3 Å². The summed E-state index contributed by atoms with van der Waals surface area (Å²) in [5.74, 6) is 0.740. The highest BCUT2D eigenvalue weighted by atomic mass is 32.2. The van der Waals surface area contributed by atoms with Gasteiger partial charge >= 0.3 is 0 Å². The standard InChI is InChI=1S/C14H10N2O3S/c17-13(11-7-4-8-18-11)20-14-16-15-12(19-14)9-10-5-2-1-3-6-10/h1-8H,9H2. The van der Waals surface area contributed by atoms with Crippen molar-refractivity contribution in [3.63, 3.8) is 0 Å². The van der Waals surface area contributed by atoms with Gasteiger partial charge in [-0.3, -0.25) is 4.79 Å². The van der Waals surface area contributed by atoms with E-state index < -0.39 is 0 Å². The Bertz CT molecular complexity index is 692. The highest BCUT2D eigenvalue weighted by Crippen LogP contribution is 2.22. The van der Waals surface area contributed by atoms with Gasteiger partial charge in [0.15, 0.2) is 5.76 Å². The molecule has 3 rings (SSSR count). The zero-order valence-electron chi connectivity index (χ0n) is 10.4. The topological polar surface area (TPSA) is 69.1 Å². The smallest absolute Gasteiger partial charge is 0.284 e. The van der Waals surface area contributed by atoms with Crippen LogP contribution in [0.1, 0.15) is 22.0 Å². The lowest BCUT2D eigenvalue weighted by molar-refractivity contribution is 0.106. The van der Waals surface area contributed by atoms with Gasteiger partial charge in [0.2, 0.25) is 5.89 Å². The zero-order valence-corrected chi connectivity index (χ0v) is 11.2. The summed E-state index contributed by atoms with van der Waals surface area (Å²) in [6.07, 6.45) is 1.99. The van der Waals surface area contributed by atoms with Gasteiger partial charge in [-0.2, -0.15) is 0 Å². The minimum Gasteiger partial charge on any atom is -0.460 e. The molecule has 0 saturated heterocycles. The van der Waals surface area contributed by atoms with Crippen molar-refractivity contribution in [1.82, 2.24) is 10.2 Å². The van der Waals surface area contributed by atoms with E-state index in [-0.39, 0.29) is 16.1 Å². The van der Waals surface area contributed by atoms with Crippen LogP contribution < -0.4 is 0 Å². The van der Waals surface area contributed by atoms with Crippen LogP contribution in [-0.4, -0.2) is 15.3 Å². The molecule has 0 N–H and O–H groups in total. The SMILES string of the molecule is O=C(Sc1nnc(Cc2ccccc2)o1)c1ccco1. The van der Waals surface area contributed by atoms with E-state index in [1.165, 1.54) is 6.26 Å². The lowest BCUT2D eigenvalue weighted by Crippen LogP contribution is -1.89. The Morgan fingerprint density at radius 1 is 1.10 bits per heavy atom. The summed E-state index contributed by atoms with van der Waals surface area (Å²) in [6, 6.07) is 13.0. The molecule has 0 saturated carbocycles. The number of thioether (sulfide) groups is 1. The molecule has 100 valence electrons. The van der Waals surface area contributed by atoms with E-state index in [4.69, 9.17) is 8.83 Å². The first-order valence-electron chi connectivity index (χ1n) is 5.93. The fraction of sp³-hybridized carbons (Fsp3) is 0.0714. The van der Waals surface area contributed by atoms with Crippen LogP contribution in [-0.2, 0) is 6.42 Å². The third-order valence-electron chi connectivity index (χ3n) is 2.55. The van der Waals surface area contributed by atoms with Gasteiger partial charge in [0.1, 0.15) is 0 Å². The van der Waals surface area contributed by atoms with Crippen molar-refractivity contribution in [3.8, 4) is 0 Å². The van der Waals surface area contributed by atoms with Gasteiger partial charge in [-0.15, -0.1) is 10.2 Å². The number of aromatic nitrogens is 2. The number of carbonyl (C=O) groups excluding carboxylic acids is 1. The van der Waals surface area contributed by atoms with Crippen LogP contribution in [0.2, 0.25) is 0 Å². The van der Waals surface area contributed by atoms with Gasteiger partial charge in [0, 0.05) is 11.8 Å². The monoisotopic (exact) mass is 286 g/mol. The Morgan fingerprint density at radius 2 is 1.95 bits per heavy atom.